The van der Waals surface area contributed by atoms with Gasteiger partial charge in [-0.3, -0.25) is 0 Å². The summed E-state index contributed by atoms with van der Waals surface area (Å²) in [7, 11) is -0.556. The third-order valence-corrected chi connectivity index (χ3v) is 6.29. The summed E-state index contributed by atoms with van der Waals surface area (Å²) in [5, 5.41) is 0. The van der Waals surface area contributed by atoms with E-state index in [1.54, 1.807) is 25.3 Å². The fraction of sp³-hybridized carbons (Fsp3) is 0.625. The zero-order valence-corrected chi connectivity index (χ0v) is 14.4. The van der Waals surface area contributed by atoms with Crippen molar-refractivity contribution in [2.75, 3.05) is 27.4 Å². The number of nitrogens with one attached hydrogen (secondary N) is 1. The van der Waals surface area contributed by atoms with Crippen LogP contribution in [0.2, 0.25) is 0 Å². The third-order valence-electron chi connectivity index (χ3n) is 4.79. The second-order valence-corrected chi connectivity index (χ2v) is 7.89. The predicted octanol–water partition coefficient (Wildman–Crippen LogP) is 1.33. The molecule has 6 nitrogen and oxygen atoms in total. The highest BCUT2D eigenvalue weighted by atomic mass is 32.2. The van der Waals surface area contributed by atoms with Gasteiger partial charge in [-0.05, 0) is 31.0 Å². The van der Waals surface area contributed by atoms with E-state index in [0.717, 1.165) is 12.0 Å². The standard InChI is InChI=1S/C16H23NO5S/c1-10-4-5-14(13(8-10)21-3)23(18,19)17-15-11-6-7-22-16(11)12(15)9-20-2/h4-5,8,11-12,15-17H,6-7,9H2,1-3H3/t11-,12+,15-,16-/m0/s1. The van der Waals surface area contributed by atoms with Gasteiger partial charge in [0.25, 0.3) is 0 Å². The topological polar surface area (TPSA) is 73.9 Å². The van der Waals surface area contributed by atoms with Gasteiger partial charge >= 0.3 is 0 Å². The molecule has 1 aliphatic heterocycles. The fourth-order valence-electron chi connectivity index (χ4n) is 3.63. The molecule has 23 heavy (non-hydrogen) atoms. The number of sulfonamides is 1. The molecule has 1 aromatic carbocycles. The summed E-state index contributed by atoms with van der Waals surface area (Å²) in [4.78, 5) is 0.170. The van der Waals surface area contributed by atoms with E-state index < -0.39 is 10.0 Å². The van der Waals surface area contributed by atoms with Gasteiger partial charge in [-0.15, -0.1) is 0 Å². The molecule has 1 N–H and O–H groups in total. The van der Waals surface area contributed by atoms with Gasteiger partial charge in [0.05, 0.1) is 19.8 Å². The van der Waals surface area contributed by atoms with Crippen LogP contribution in [0.5, 0.6) is 5.75 Å². The zero-order chi connectivity index (χ0) is 16.6. The minimum atomic E-state index is -3.66. The number of aryl methyl sites for hydroxylation is 1. The summed E-state index contributed by atoms with van der Waals surface area (Å²) < 4.78 is 44.6. The quantitative estimate of drug-likeness (QED) is 0.845. The Bertz CT molecular complexity index is 675. The van der Waals surface area contributed by atoms with E-state index in [0.29, 0.717) is 19.0 Å². The second-order valence-electron chi connectivity index (χ2n) is 6.21. The first-order valence-corrected chi connectivity index (χ1v) is 9.23. The Morgan fingerprint density at radius 3 is 2.83 bits per heavy atom. The molecular weight excluding hydrogens is 318 g/mol. The van der Waals surface area contributed by atoms with Gasteiger partial charge in [-0.2, -0.15) is 0 Å². The summed E-state index contributed by atoms with van der Waals surface area (Å²) in [6, 6.07) is 4.93. The van der Waals surface area contributed by atoms with Gasteiger partial charge < -0.3 is 14.2 Å². The summed E-state index contributed by atoms with van der Waals surface area (Å²) >= 11 is 0. The minimum Gasteiger partial charge on any atom is -0.495 e. The second kappa shape index (κ2) is 6.39. The van der Waals surface area contributed by atoms with Crippen molar-refractivity contribution in [3.8, 4) is 5.75 Å². The molecule has 4 atom stereocenters. The molecule has 1 aromatic rings. The molecule has 0 aromatic heterocycles. The number of methoxy groups -OCH3 is 2. The van der Waals surface area contributed by atoms with Crippen LogP contribution >= 0.6 is 0 Å². The van der Waals surface area contributed by atoms with Gasteiger partial charge in [-0.25, -0.2) is 13.1 Å². The maximum Gasteiger partial charge on any atom is 0.244 e. The van der Waals surface area contributed by atoms with Crippen LogP contribution in [0.1, 0.15) is 12.0 Å². The number of hydrogen-bond donors (Lipinski definition) is 1. The maximum atomic E-state index is 12.8. The van der Waals surface area contributed by atoms with E-state index in [-0.39, 0.29) is 28.9 Å². The first-order valence-electron chi connectivity index (χ1n) is 7.75. The van der Waals surface area contributed by atoms with Crippen molar-refractivity contribution >= 4 is 10.0 Å². The molecule has 1 heterocycles. The van der Waals surface area contributed by atoms with Crippen LogP contribution in [0.15, 0.2) is 23.1 Å². The lowest BCUT2D eigenvalue weighted by Crippen LogP contribution is -2.62. The zero-order valence-electron chi connectivity index (χ0n) is 13.6. The average Bonchev–Trinajstić information content (AvgIpc) is 2.94. The van der Waals surface area contributed by atoms with Crippen molar-refractivity contribution in [3.63, 3.8) is 0 Å². The SMILES string of the molecule is COC[C@@H]1[C@@H](NS(=O)(=O)c2ccc(C)cc2OC)[C@@H]2CCO[C@H]12. The van der Waals surface area contributed by atoms with Gasteiger partial charge in [0.15, 0.2) is 0 Å². The van der Waals surface area contributed by atoms with E-state index in [1.165, 1.54) is 7.11 Å². The van der Waals surface area contributed by atoms with E-state index in [4.69, 9.17) is 14.2 Å². The average molecular weight is 341 g/mol. The van der Waals surface area contributed by atoms with Crippen molar-refractivity contribution < 1.29 is 22.6 Å². The number of rotatable bonds is 6. The fourth-order valence-corrected chi connectivity index (χ4v) is 5.12. The van der Waals surface area contributed by atoms with Crippen LogP contribution in [0.4, 0.5) is 0 Å². The number of ether oxygens (including phenoxy) is 3. The van der Waals surface area contributed by atoms with E-state index >= 15 is 0 Å². The van der Waals surface area contributed by atoms with E-state index in [2.05, 4.69) is 4.72 Å². The van der Waals surface area contributed by atoms with Crippen molar-refractivity contribution in [2.24, 2.45) is 11.8 Å². The first kappa shape index (κ1) is 16.7. The largest absolute Gasteiger partial charge is 0.495 e. The smallest absolute Gasteiger partial charge is 0.244 e. The molecule has 0 spiro atoms. The molecule has 1 saturated carbocycles. The molecule has 1 saturated heterocycles. The summed E-state index contributed by atoms with van der Waals surface area (Å²) in [6.07, 6.45) is 0.978. The monoisotopic (exact) mass is 341 g/mol. The van der Waals surface area contributed by atoms with Crippen molar-refractivity contribution in [3.05, 3.63) is 23.8 Å². The molecule has 3 rings (SSSR count). The van der Waals surface area contributed by atoms with Crippen LogP contribution in [-0.2, 0) is 19.5 Å². The van der Waals surface area contributed by atoms with Crippen LogP contribution in [0, 0.1) is 18.8 Å². The Kier molecular flexibility index (Phi) is 4.64. The Morgan fingerprint density at radius 2 is 2.13 bits per heavy atom. The highest BCUT2D eigenvalue weighted by Gasteiger charge is 2.55. The predicted molar refractivity (Wildman–Crippen MR) is 85.1 cm³/mol. The molecule has 0 bridgehead atoms. The summed E-state index contributed by atoms with van der Waals surface area (Å²) in [5.74, 6) is 0.638. The molecule has 7 heteroatoms. The number of hydrogen-bond acceptors (Lipinski definition) is 5. The van der Waals surface area contributed by atoms with E-state index in [9.17, 15) is 8.42 Å². The Hall–Kier alpha value is -1.15. The molecule has 128 valence electrons. The molecule has 2 fully saturated rings. The highest BCUT2D eigenvalue weighted by Crippen LogP contribution is 2.44. The van der Waals surface area contributed by atoms with Gasteiger partial charge in [-0.1, -0.05) is 6.07 Å². The van der Waals surface area contributed by atoms with Crippen molar-refractivity contribution in [1.29, 1.82) is 0 Å². The minimum absolute atomic E-state index is 0.0544. The normalized spacial score (nSPS) is 29.9. The lowest BCUT2D eigenvalue weighted by molar-refractivity contribution is -0.0775. The number of fused-ring (bicyclic) bond motifs is 1. The lowest BCUT2D eigenvalue weighted by atomic mass is 9.68. The molecular formula is C16H23NO5S. The van der Waals surface area contributed by atoms with Gasteiger partial charge in [0, 0.05) is 31.6 Å². The highest BCUT2D eigenvalue weighted by molar-refractivity contribution is 7.89. The first-order chi connectivity index (χ1) is 11.0. The summed E-state index contributed by atoms with van der Waals surface area (Å²) in [6.45, 7) is 3.06. The van der Waals surface area contributed by atoms with Crippen LogP contribution < -0.4 is 9.46 Å². The van der Waals surface area contributed by atoms with Crippen molar-refractivity contribution in [2.45, 2.75) is 30.4 Å². The molecule has 0 unspecified atom stereocenters. The lowest BCUT2D eigenvalue weighted by Gasteiger charge is -2.47. The number of benzene rings is 1. The van der Waals surface area contributed by atoms with Crippen LogP contribution in [0.25, 0.3) is 0 Å². The van der Waals surface area contributed by atoms with Crippen LogP contribution in [-0.4, -0.2) is 48.0 Å². The van der Waals surface area contributed by atoms with E-state index in [1.807, 2.05) is 6.92 Å². The van der Waals surface area contributed by atoms with Crippen molar-refractivity contribution in [1.82, 2.24) is 4.72 Å². The Balaban J connectivity index is 1.83. The summed E-state index contributed by atoms with van der Waals surface area (Å²) in [5.41, 5.74) is 0.950. The molecule has 0 radical (unpaired) electrons. The Labute approximate surface area is 137 Å². The maximum absolute atomic E-state index is 12.8. The van der Waals surface area contributed by atoms with Gasteiger partial charge in [0.1, 0.15) is 10.6 Å². The molecule has 0 amide bonds. The molecule has 1 aliphatic carbocycles. The van der Waals surface area contributed by atoms with Crippen LogP contribution in [0.3, 0.4) is 0 Å². The molecule has 2 aliphatic rings. The Morgan fingerprint density at radius 1 is 1.35 bits per heavy atom. The third kappa shape index (κ3) is 2.98. The van der Waals surface area contributed by atoms with Gasteiger partial charge in [0.2, 0.25) is 10.0 Å².